The highest BCUT2D eigenvalue weighted by Gasteiger charge is 2.30. The van der Waals surface area contributed by atoms with E-state index in [0.29, 0.717) is 6.04 Å². The minimum Gasteiger partial charge on any atom is -0.271 e. The van der Waals surface area contributed by atoms with Crippen molar-refractivity contribution in [1.82, 2.24) is 5.43 Å². The van der Waals surface area contributed by atoms with E-state index in [-0.39, 0.29) is 0 Å². The molecule has 1 fully saturated rings. The summed E-state index contributed by atoms with van der Waals surface area (Å²) in [5.41, 5.74) is 4.36. The maximum absolute atomic E-state index is 5.69. The molecule has 0 spiro atoms. The third-order valence-electron chi connectivity index (χ3n) is 3.71. The van der Waals surface area contributed by atoms with Gasteiger partial charge in [-0.05, 0) is 47.1 Å². The third kappa shape index (κ3) is 2.41. The summed E-state index contributed by atoms with van der Waals surface area (Å²) in [5.74, 6) is 7.34. The quantitative estimate of drug-likeness (QED) is 0.609. The highest BCUT2D eigenvalue weighted by molar-refractivity contribution is 7.07. The molecule has 1 heterocycles. The van der Waals surface area contributed by atoms with E-state index >= 15 is 0 Å². The van der Waals surface area contributed by atoms with E-state index in [2.05, 4.69) is 29.2 Å². The van der Waals surface area contributed by atoms with Gasteiger partial charge in [0.25, 0.3) is 0 Å². The fourth-order valence-corrected chi connectivity index (χ4v) is 3.44. The third-order valence-corrected chi connectivity index (χ3v) is 4.41. The lowest BCUT2D eigenvalue weighted by atomic mass is 9.92. The highest BCUT2D eigenvalue weighted by atomic mass is 32.1. The zero-order valence-corrected chi connectivity index (χ0v) is 10.1. The Labute approximate surface area is 95.8 Å². The molecule has 1 saturated carbocycles. The summed E-state index contributed by atoms with van der Waals surface area (Å²) < 4.78 is 0. The Morgan fingerprint density at radius 1 is 1.60 bits per heavy atom. The first-order valence-electron chi connectivity index (χ1n) is 5.83. The molecule has 15 heavy (non-hydrogen) atoms. The van der Waals surface area contributed by atoms with Crippen molar-refractivity contribution in [3.63, 3.8) is 0 Å². The van der Waals surface area contributed by atoms with Crippen LogP contribution in [0.15, 0.2) is 16.8 Å². The molecule has 1 aromatic heterocycles. The second-order valence-electron chi connectivity index (χ2n) is 4.55. The van der Waals surface area contributed by atoms with E-state index in [1.54, 1.807) is 11.3 Å². The largest absolute Gasteiger partial charge is 0.271 e. The maximum Gasteiger partial charge on any atom is 0.0496 e. The Kier molecular flexibility index (Phi) is 3.78. The van der Waals surface area contributed by atoms with Crippen LogP contribution in [0.1, 0.15) is 44.2 Å². The van der Waals surface area contributed by atoms with E-state index in [1.807, 2.05) is 0 Å². The van der Waals surface area contributed by atoms with Crippen molar-refractivity contribution in [3.05, 3.63) is 22.4 Å². The Morgan fingerprint density at radius 3 is 3.00 bits per heavy atom. The number of thiophene rings is 1. The van der Waals surface area contributed by atoms with Crippen LogP contribution in [0.2, 0.25) is 0 Å². The molecule has 3 atom stereocenters. The Bertz CT molecular complexity index is 284. The lowest BCUT2D eigenvalue weighted by molar-refractivity contribution is 0.359. The van der Waals surface area contributed by atoms with Crippen molar-refractivity contribution in [2.24, 2.45) is 17.7 Å². The minimum atomic E-state index is 0.368. The molecule has 1 aliphatic rings. The minimum absolute atomic E-state index is 0.368. The first-order valence-corrected chi connectivity index (χ1v) is 6.77. The number of nitrogens with two attached hydrogens (primary N) is 1. The molecule has 3 unspecified atom stereocenters. The number of hydrazine groups is 1. The highest BCUT2D eigenvalue weighted by Crippen LogP contribution is 2.40. The van der Waals surface area contributed by atoms with Gasteiger partial charge in [0, 0.05) is 6.04 Å². The molecule has 3 heteroatoms. The molecule has 0 radical (unpaired) electrons. The Hall–Kier alpha value is -0.380. The fraction of sp³-hybridized carbons (Fsp3) is 0.667. The van der Waals surface area contributed by atoms with Gasteiger partial charge >= 0.3 is 0 Å². The van der Waals surface area contributed by atoms with Crippen LogP contribution in [0.25, 0.3) is 0 Å². The van der Waals surface area contributed by atoms with Crippen LogP contribution in [0.3, 0.4) is 0 Å². The summed E-state index contributed by atoms with van der Waals surface area (Å²) >= 11 is 1.75. The van der Waals surface area contributed by atoms with Crippen molar-refractivity contribution in [3.8, 4) is 0 Å². The zero-order chi connectivity index (χ0) is 10.7. The molecule has 0 aliphatic heterocycles. The van der Waals surface area contributed by atoms with Gasteiger partial charge in [-0.2, -0.15) is 11.3 Å². The van der Waals surface area contributed by atoms with Gasteiger partial charge in [0.1, 0.15) is 0 Å². The first-order chi connectivity index (χ1) is 7.35. The van der Waals surface area contributed by atoms with Gasteiger partial charge < -0.3 is 0 Å². The number of hydrogen-bond donors (Lipinski definition) is 2. The van der Waals surface area contributed by atoms with Crippen LogP contribution < -0.4 is 11.3 Å². The summed E-state index contributed by atoms with van der Waals surface area (Å²) in [6.45, 7) is 2.29. The fourth-order valence-electron chi connectivity index (χ4n) is 2.74. The van der Waals surface area contributed by atoms with Crippen LogP contribution in [-0.2, 0) is 0 Å². The van der Waals surface area contributed by atoms with Gasteiger partial charge in [0.2, 0.25) is 0 Å². The monoisotopic (exact) mass is 224 g/mol. The van der Waals surface area contributed by atoms with E-state index in [9.17, 15) is 0 Å². The first kappa shape index (κ1) is 11.1. The second kappa shape index (κ2) is 5.10. The van der Waals surface area contributed by atoms with Gasteiger partial charge in [0.05, 0.1) is 0 Å². The van der Waals surface area contributed by atoms with Crippen molar-refractivity contribution in [1.29, 1.82) is 0 Å². The molecule has 0 saturated heterocycles. The maximum atomic E-state index is 5.69. The van der Waals surface area contributed by atoms with E-state index in [0.717, 1.165) is 11.8 Å². The van der Waals surface area contributed by atoms with Crippen molar-refractivity contribution in [2.75, 3.05) is 0 Å². The van der Waals surface area contributed by atoms with Crippen molar-refractivity contribution >= 4 is 11.3 Å². The van der Waals surface area contributed by atoms with Gasteiger partial charge in [-0.1, -0.05) is 19.8 Å². The summed E-state index contributed by atoms with van der Waals surface area (Å²) in [6, 6.07) is 2.56. The van der Waals surface area contributed by atoms with Crippen LogP contribution in [-0.4, -0.2) is 0 Å². The number of nitrogens with one attached hydrogen (secondary N) is 1. The zero-order valence-electron chi connectivity index (χ0n) is 9.28. The second-order valence-corrected chi connectivity index (χ2v) is 5.33. The normalized spacial score (nSPS) is 28.1. The lowest BCUT2D eigenvalue weighted by Crippen LogP contribution is -2.32. The predicted molar refractivity (Wildman–Crippen MR) is 65.5 cm³/mol. The average Bonchev–Trinajstić information content (AvgIpc) is 2.89. The number of rotatable bonds is 4. The smallest absolute Gasteiger partial charge is 0.0496 e. The molecule has 84 valence electrons. The molecule has 3 N–H and O–H groups in total. The van der Waals surface area contributed by atoms with Gasteiger partial charge in [-0.25, -0.2) is 0 Å². The Balaban J connectivity index is 2.02. The lowest BCUT2D eigenvalue weighted by Gasteiger charge is -2.22. The van der Waals surface area contributed by atoms with Crippen LogP contribution in [0.4, 0.5) is 0 Å². The van der Waals surface area contributed by atoms with Crippen LogP contribution in [0.5, 0.6) is 0 Å². The Morgan fingerprint density at radius 2 is 2.47 bits per heavy atom. The molecule has 2 rings (SSSR count). The summed E-state index contributed by atoms with van der Waals surface area (Å²) in [4.78, 5) is 0. The molecule has 0 bridgehead atoms. The van der Waals surface area contributed by atoms with Gasteiger partial charge in [0.15, 0.2) is 0 Å². The van der Waals surface area contributed by atoms with E-state index in [4.69, 9.17) is 5.84 Å². The molecular weight excluding hydrogens is 204 g/mol. The summed E-state index contributed by atoms with van der Waals surface area (Å²) in [6.07, 6.45) is 5.35. The van der Waals surface area contributed by atoms with Crippen LogP contribution >= 0.6 is 11.3 Å². The van der Waals surface area contributed by atoms with E-state index < -0.39 is 0 Å². The van der Waals surface area contributed by atoms with Crippen molar-refractivity contribution < 1.29 is 0 Å². The topological polar surface area (TPSA) is 38.0 Å². The molecule has 1 aromatic rings. The number of hydrogen-bond acceptors (Lipinski definition) is 3. The summed E-state index contributed by atoms with van der Waals surface area (Å²) in [7, 11) is 0. The molecule has 1 aliphatic carbocycles. The summed E-state index contributed by atoms with van der Waals surface area (Å²) in [5, 5.41) is 4.34. The van der Waals surface area contributed by atoms with Crippen molar-refractivity contribution in [2.45, 2.75) is 38.6 Å². The van der Waals surface area contributed by atoms with Gasteiger partial charge in [-0.3, -0.25) is 11.3 Å². The van der Waals surface area contributed by atoms with Gasteiger partial charge in [-0.15, -0.1) is 0 Å². The van der Waals surface area contributed by atoms with E-state index in [1.165, 1.54) is 31.2 Å². The molecular formula is C12H20N2S. The average molecular weight is 224 g/mol. The molecule has 0 aromatic carbocycles. The molecule has 2 nitrogen and oxygen atoms in total. The molecule has 0 amide bonds. The standard InChI is InChI=1S/C12H20N2S/c1-2-9-3-4-10(7-9)12(14-13)11-5-6-15-8-11/h5-6,8-10,12,14H,2-4,7,13H2,1H3. The van der Waals surface area contributed by atoms with Crippen LogP contribution in [0, 0.1) is 11.8 Å². The SMILES string of the molecule is CCC1CCC(C(NN)c2ccsc2)C1. The predicted octanol–water partition coefficient (Wildman–Crippen LogP) is 3.08.